The van der Waals surface area contributed by atoms with Crippen molar-refractivity contribution in [2.24, 2.45) is 5.92 Å². The number of aryl methyl sites for hydroxylation is 2. The summed E-state index contributed by atoms with van der Waals surface area (Å²) in [7, 11) is 1.55. The molecule has 5 heteroatoms. The van der Waals surface area contributed by atoms with Crippen molar-refractivity contribution in [2.75, 3.05) is 39.2 Å². The number of alkyl halides is 1. The number of benzene rings is 3. The zero-order valence-corrected chi connectivity index (χ0v) is 22.9. The fraction of sp³-hybridized carbons (Fsp3) is 0.394. The predicted molar refractivity (Wildman–Crippen MR) is 155 cm³/mol. The van der Waals surface area contributed by atoms with Crippen molar-refractivity contribution in [2.45, 2.75) is 46.0 Å². The Bertz CT molecular complexity index is 1250. The van der Waals surface area contributed by atoms with Crippen molar-refractivity contribution in [1.29, 1.82) is 0 Å². The minimum absolute atomic E-state index is 0.162. The second kappa shape index (κ2) is 13.1. The first kappa shape index (κ1) is 27.8. The Hall–Kier alpha value is -3.18. The summed E-state index contributed by atoms with van der Waals surface area (Å²) in [6.45, 7) is 7.49. The second-order valence-electron chi connectivity index (χ2n) is 10.6. The largest absolute Gasteiger partial charge is 0.497 e. The summed E-state index contributed by atoms with van der Waals surface area (Å²) in [6.07, 6.45) is 4.70. The molecule has 0 amide bonds. The average molecular weight is 519 g/mol. The van der Waals surface area contributed by atoms with Crippen LogP contribution in [0.4, 0.5) is 14.5 Å². The van der Waals surface area contributed by atoms with Crippen LogP contribution in [0.2, 0.25) is 0 Å². The number of rotatable bonds is 6. The van der Waals surface area contributed by atoms with Crippen molar-refractivity contribution < 1.29 is 13.5 Å². The van der Waals surface area contributed by atoms with Gasteiger partial charge in [0.2, 0.25) is 0 Å². The van der Waals surface area contributed by atoms with Gasteiger partial charge in [-0.1, -0.05) is 42.8 Å². The highest BCUT2D eigenvalue weighted by Crippen LogP contribution is 2.41. The van der Waals surface area contributed by atoms with E-state index in [2.05, 4.69) is 55.1 Å². The van der Waals surface area contributed by atoms with Crippen LogP contribution in [0, 0.1) is 18.7 Å². The monoisotopic (exact) mass is 518 g/mol. The van der Waals surface area contributed by atoms with Gasteiger partial charge < -0.3 is 15.4 Å². The van der Waals surface area contributed by atoms with Gasteiger partial charge in [0.1, 0.15) is 11.6 Å². The first-order valence-corrected chi connectivity index (χ1v) is 13.7. The summed E-state index contributed by atoms with van der Waals surface area (Å²) in [5.41, 5.74) is 14.2. The van der Waals surface area contributed by atoms with E-state index in [1.165, 1.54) is 36.7 Å². The van der Waals surface area contributed by atoms with Gasteiger partial charge in [0.15, 0.2) is 0 Å². The molecule has 2 aliphatic rings. The summed E-state index contributed by atoms with van der Waals surface area (Å²) in [6, 6.07) is 19.6. The number of allylic oxidation sites excluding steroid dienone is 1. The number of nitrogens with zero attached hydrogens (tertiary/aromatic N) is 1. The van der Waals surface area contributed by atoms with Crippen LogP contribution >= 0.6 is 0 Å². The highest BCUT2D eigenvalue weighted by molar-refractivity contribution is 6.00. The molecule has 3 nitrogen and oxygen atoms in total. The molecule has 1 atom stereocenters. The molecule has 2 N–H and O–H groups in total. The van der Waals surface area contributed by atoms with Gasteiger partial charge in [-0.25, -0.2) is 4.39 Å². The molecule has 1 heterocycles. The van der Waals surface area contributed by atoms with Gasteiger partial charge in [-0.15, -0.1) is 0 Å². The van der Waals surface area contributed by atoms with Crippen LogP contribution < -0.4 is 10.5 Å². The third kappa shape index (κ3) is 6.82. The van der Waals surface area contributed by atoms with Crippen LogP contribution in [0.25, 0.3) is 11.1 Å². The number of nitrogens with two attached hydrogens (primary N) is 1. The molecule has 5 rings (SSSR count). The van der Waals surface area contributed by atoms with Gasteiger partial charge in [-0.2, -0.15) is 0 Å². The Labute approximate surface area is 226 Å². The minimum atomic E-state index is -0.252. The number of ether oxygens (including phenoxy) is 1. The Morgan fingerprint density at radius 2 is 1.76 bits per heavy atom. The Morgan fingerprint density at radius 3 is 2.42 bits per heavy atom. The lowest BCUT2D eigenvalue weighted by Gasteiger charge is -2.18. The van der Waals surface area contributed by atoms with Crippen LogP contribution in [-0.4, -0.2) is 38.3 Å². The number of likely N-dealkylation sites (tertiary alicyclic amines) is 1. The van der Waals surface area contributed by atoms with Crippen molar-refractivity contribution >= 4 is 16.8 Å². The summed E-state index contributed by atoms with van der Waals surface area (Å²) in [4.78, 5) is 2.35. The van der Waals surface area contributed by atoms with Gasteiger partial charge in [0, 0.05) is 30.4 Å². The van der Waals surface area contributed by atoms with Crippen molar-refractivity contribution in [3.8, 4) is 5.75 Å². The number of fused-ring (bicyclic) bond motifs is 1. The number of anilines is 1. The predicted octanol–water partition coefficient (Wildman–Crippen LogP) is 7.71. The summed E-state index contributed by atoms with van der Waals surface area (Å²) in [5, 5.41) is 0. The molecule has 0 spiro atoms. The number of halogens is 2. The topological polar surface area (TPSA) is 38.5 Å². The van der Waals surface area contributed by atoms with Crippen molar-refractivity contribution in [1.82, 2.24) is 4.90 Å². The van der Waals surface area contributed by atoms with Crippen molar-refractivity contribution in [3.05, 3.63) is 94.3 Å². The average Bonchev–Trinajstić information content (AvgIpc) is 3.24. The molecule has 1 aliphatic heterocycles. The van der Waals surface area contributed by atoms with Gasteiger partial charge >= 0.3 is 0 Å². The molecule has 1 unspecified atom stereocenters. The Kier molecular flexibility index (Phi) is 9.57. The molecule has 0 aromatic heterocycles. The zero-order valence-electron chi connectivity index (χ0n) is 22.9. The fourth-order valence-electron chi connectivity index (χ4n) is 5.51. The standard InChI is InChI=1S/C25H24FNO.C8H16FN/c1-16-6-8-17(9-7-16)25-21-12-10-19(27)14-18(21)4-3-5-23(25)22-13-11-20(28-2)15-24(22)26;1-8-3-6-10(7-8)5-2-4-9/h6-15H,3-5,27H2,1-2H3;8H,2-7H2,1H3. The number of nitrogen functional groups attached to an aromatic ring is 1. The van der Waals surface area contributed by atoms with Gasteiger partial charge in [-0.05, 0) is 104 Å². The van der Waals surface area contributed by atoms with Crippen LogP contribution in [0.1, 0.15) is 60.4 Å². The maximum absolute atomic E-state index is 15.0. The lowest BCUT2D eigenvalue weighted by atomic mass is 9.87. The molecule has 38 heavy (non-hydrogen) atoms. The van der Waals surface area contributed by atoms with Crippen LogP contribution in [0.5, 0.6) is 5.75 Å². The van der Waals surface area contributed by atoms with E-state index in [-0.39, 0.29) is 12.5 Å². The molecular weight excluding hydrogens is 478 g/mol. The third-order valence-electron chi connectivity index (χ3n) is 7.53. The maximum Gasteiger partial charge on any atom is 0.134 e. The van der Waals surface area contributed by atoms with Crippen LogP contribution in [0.3, 0.4) is 0 Å². The maximum atomic E-state index is 15.0. The molecule has 1 fully saturated rings. The summed E-state index contributed by atoms with van der Waals surface area (Å²) >= 11 is 0. The molecule has 3 aromatic rings. The SMILES string of the molecule is CC1CCN(CCCF)C1.COc1ccc(C2=C(c3ccc(C)cc3)c3ccc(N)cc3CCC2)c(F)c1. The summed E-state index contributed by atoms with van der Waals surface area (Å²) < 4.78 is 31.9. The first-order chi connectivity index (χ1) is 18.4. The second-order valence-corrected chi connectivity index (χ2v) is 10.6. The molecule has 3 aromatic carbocycles. The van der Waals surface area contributed by atoms with E-state index in [1.54, 1.807) is 7.11 Å². The van der Waals surface area contributed by atoms with Crippen molar-refractivity contribution in [3.63, 3.8) is 0 Å². The Morgan fingerprint density at radius 1 is 1.00 bits per heavy atom. The highest BCUT2D eigenvalue weighted by Gasteiger charge is 2.22. The lowest BCUT2D eigenvalue weighted by molar-refractivity contribution is 0.304. The van der Waals surface area contributed by atoms with Crippen LogP contribution in [-0.2, 0) is 6.42 Å². The summed E-state index contributed by atoms with van der Waals surface area (Å²) in [5.74, 6) is 1.11. The van der Waals surface area contributed by atoms with Gasteiger partial charge in [0.05, 0.1) is 13.8 Å². The third-order valence-corrected chi connectivity index (χ3v) is 7.53. The van der Waals surface area contributed by atoms with Gasteiger partial charge in [0.25, 0.3) is 0 Å². The van der Waals surface area contributed by atoms with E-state index < -0.39 is 0 Å². The van der Waals surface area contributed by atoms with E-state index in [9.17, 15) is 4.39 Å². The normalized spacial score (nSPS) is 17.4. The highest BCUT2D eigenvalue weighted by atomic mass is 19.1. The molecule has 1 aliphatic carbocycles. The molecule has 1 saturated heterocycles. The van der Waals surface area contributed by atoms with E-state index in [4.69, 9.17) is 10.5 Å². The fourth-order valence-corrected chi connectivity index (χ4v) is 5.51. The zero-order chi connectivity index (χ0) is 27.1. The van der Waals surface area contributed by atoms with E-state index in [1.807, 2.05) is 18.2 Å². The first-order valence-electron chi connectivity index (χ1n) is 13.7. The van der Waals surface area contributed by atoms with E-state index >= 15 is 4.39 Å². The molecular formula is C33H40F2N2O. The van der Waals surface area contributed by atoms with Crippen LogP contribution in [0.15, 0.2) is 60.7 Å². The Balaban J connectivity index is 0.000000283. The number of methoxy groups -OCH3 is 1. The van der Waals surface area contributed by atoms with E-state index in [0.29, 0.717) is 17.7 Å². The quantitative estimate of drug-likeness (QED) is 0.340. The molecule has 0 radical (unpaired) electrons. The molecule has 0 saturated carbocycles. The number of hydrogen-bond donors (Lipinski definition) is 1. The lowest BCUT2D eigenvalue weighted by Crippen LogP contribution is -2.21. The smallest absolute Gasteiger partial charge is 0.134 e. The number of hydrogen-bond acceptors (Lipinski definition) is 3. The molecule has 0 bridgehead atoms. The minimum Gasteiger partial charge on any atom is -0.497 e. The molecule has 202 valence electrons. The van der Waals surface area contributed by atoms with E-state index in [0.717, 1.165) is 59.7 Å². The van der Waals surface area contributed by atoms with Gasteiger partial charge in [-0.3, -0.25) is 4.39 Å².